The summed E-state index contributed by atoms with van der Waals surface area (Å²) in [5, 5.41) is 8.59. The number of hydrogen-bond donors (Lipinski definition) is 0. The number of carboxylic acid groups (broad SMARTS) is 1. The number of carbonyl (C=O) groups is 2. The summed E-state index contributed by atoms with van der Waals surface area (Å²) in [5.74, 6) is -3.13. The van der Waals surface area contributed by atoms with Crippen LogP contribution >= 0.6 is 0 Å². The minimum absolute atomic E-state index is 0.249. The summed E-state index contributed by atoms with van der Waals surface area (Å²) in [5.41, 5.74) is 0.930. The molecule has 21 heavy (non-hydrogen) atoms. The third kappa shape index (κ3) is 3.60. The fourth-order valence-corrected chi connectivity index (χ4v) is 3.20. The molecule has 0 aliphatic carbocycles. The summed E-state index contributed by atoms with van der Waals surface area (Å²) in [6.45, 7) is 3.99. The van der Waals surface area contributed by atoms with Gasteiger partial charge >= 0.3 is 5.97 Å². The molecule has 2 atom stereocenters. The summed E-state index contributed by atoms with van der Waals surface area (Å²) < 4.78 is 28.6. The number of aliphatic carboxylic acids is 1. The molecule has 116 valence electrons. The zero-order valence-electron chi connectivity index (χ0n) is 12.0. The number of benzene rings is 1. The summed E-state index contributed by atoms with van der Waals surface area (Å²) in [7, 11) is -3.48. The van der Waals surface area contributed by atoms with Crippen molar-refractivity contribution in [2.24, 2.45) is 0 Å². The molecule has 1 aromatic carbocycles. The molecule has 7 heteroatoms. The molecule has 2 unspecified atom stereocenters. The number of ether oxygens (including phenoxy) is 1. The normalized spacial score (nSPS) is 14.2. The summed E-state index contributed by atoms with van der Waals surface area (Å²) >= 11 is 0. The van der Waals surface area contributed by atoms with Crippen molar-refractivity contribution in [3.63, 3.8) is 0 Å². The van der Waals surface area contributed by atoms with E-state index in [4.69, 9.17) is 0 Å². The monoisotopic (exact) mass is 313 g/mol. The molecule has 0 aliphatic heterocycles. The smallest absolute Gasteiger partial charge is 0.330 e. The van der Waals surface area contributed by atoms with Gasteiger partial charge in [0.1, 0.15) is 0 Å². The van der Waals surface area contributed by atoms with Gasteiger partial charge in [0.15, 0.2) is 9.84 Å². The van der Waals surface area contributed by atoms with Crippen molar-refractivity contribution in [2.75, 3.05) is 7.11 Å². The second-order valence-electron chi connectivity index (χ2n) is 4.65. The number of carbonyl (C=O) groups excluding carboxylic acids is 2. The maximum Gasteiger partial charge on any atom is 0.330 e. The number of rotatable bonds is 6. The molecule has 0 radical (unpaired) electrons. The van der Waals surface area contributed by atoms with Gasteiger partial charge in [-0.15, -0.1) is 0 Å². The molecule has 0 saturated carbocycles. The molecule has 0 bridgehead atoms. The molecule has 0 amide bonds. The molecule has 0 spiro atoms. The molecule has 0 fully saturated rings. The molecule has 0 N–H and O–H groups in total. The van der Waals surface area contributed by atoms with Crippen LogP contribution < -0.4 is 5.11 Å². The van der Waals surface area contributed by atoms with Gasteiger partial charge in [-0.2, -0.15) is 0 Å². The largest absolute Gasteiger partial charge is 0.548 e. The van der Waals surface area contributed by atoms with Crippen LogP contribution in [-0.4, -0.2) is 32.7 Å². The van der Waals surface area contributed by atoms with Gasteiger partial charge in [0.05, 0.1) is 18.0 Å². The highest BCUT2D eigenvalue weighted by Gasteiger charge is 2.36. The van der Waals surface area contributed by atoms with Gasteiger partial charge in [0.2, 0.25) is 5.25 Å². The average Bonchev–Trinajstić information content (AvgIpc) is 2.45. The first kappa shape index (κ1) is 17.2. The van der Waals surface area contributed by atoms with E-state index >= 15 is 0 Å². The Kier molecular flexibility index (Phi) is 5.48. The van der Waals surface area contributed by atoms with E-state index in [1.165, 1.54) is 12.1 Å². The molecule has 1 rings (SSSR count). The minimum Gasteiger partial charge on any atom is -0.548 e. The Hall–Kier alpha value is -1.89. The van der Waals surface area contributed by atoms with Crippen LogP contribution in [0.1, 0.15) is 31.7 Å². The van der Waals surface area contributed by atoms with Gasteiger partial charge in [0.25, 0.3) is 0 Å². The first-order valence-electron chi connectivity index (χ1n) is 6.38. The van der Waals surface area contributed by atoms with E-state index in [0.717, 1.165) is 19.1 Å². The molecule has 0 heterocycles. The Morgan fingerprint density at radius 2 is 1.76 bits per heavy atom. The Bertz CT molecular complexity index is 617. The number of carboxylic acids is 1. The SMILES string of the molecule is CCC(C)c1ccc(S(=O)(=O)C(C(=O)[O-])C(=O)OC)cc1. The Labute approximate surface area is 123 Å². The maximum absolute atomic E-state index is 12.2. The highest BCUT2D eigenvalue weighted by atomic mass is 32.2. The molecule has 1 aromatic rings. The lowest BCUT2D eigenvalue weighted by atomic mass is 9.99. The van der Waals surface area contributed by atoms with Crippen molar-refractivity contribution >= 4 is 21.8 Å². The lowest BCUT2D eigenvalue weighted by Gasteiger charge is -2.17. The fraction of sp³-hybridized carbons (Fsp3) is 0.429. The predicted octanol–water partition coefficient (Wildman–Crippen LogP) is 0.265. The average molecular weight is 313 g/mol. The topological polar surface area (TPSA) is 101 Å². The summed E-state index contributed by atoms with van der Waals surface area (Å²) in [6.07, 6.45) is 0.885. The summed E-state index contributed by atoms with van der Waals surface area (Å²) in [6, 6.07) is 5.78. The molecular formula is C14H17O6S-. The quantitative estimate of drug-likeness (QED) is 0.552. The van der Waals surface area contributed by atoms with Crippen LogP contribution in [0.2, 0.25) is 0 Å². The van der Waals surface area contributed by atoms with E-state index < -0.39 is 27.0 Å². The van der Waals surface area contributed by atoms with Crippen LogP contribution in [-0.2, 0) is 24.2 Å². The second kappa shape index (κ2) is 6.71. The van der Waals surface area contributed by atoms with E-state index in [2.05, 4.69) is 4.74 Å². The number of hydrogen-bond acceptors (Lipinski definition) is 6. The van der Waals surface area contributed by atoms with E-state index in [0.29, 0.717) is 0 Å². The number of methoxy groups -OCH3 is 1. The standard InChI is InChI=1S/C14H18O6S/c1-4-9(2)10-5-7-11(8-6-10)21(18,19)12(13(15)16)14(17)20-3/h5-9,12H,4H2,1-3H3,(H,15,16)/p-1. The van der Waals surface area contributed by atoms with Crippen molar-refractivity contribution in [1.82, 2.24) is 0 Å². The van der Waals surface area contributed by atoms with Gasteiger partial charge in [0, 0.05) is 0 Å². The third-order valence-electron chi connectivity index (χ3n) is 3.33. The summed E-state index contributed by atoms with van der Waals surface area (Å²) in [4.78, 5) is 22.1. The van der Waals surface area contributed by atoms with Crippen LogP contribution in [0.15, 0.2) is 29.2 Å². The van der Waals surface area contributed by atoms with Crippen LogP contribution in [0.25, 0.3) is 0 Å². The van der Waals surface area contributed by atoms with Gasteiger partial charge in [-0.05, 0) is 30.0 Å². The number of esters is 1. The Balaban J connectivity index is 3.23. The lowest BCUT2D eigenvalue weighted by molar-refractivity contribution is -0.304. The fourth-order valence-electron chi connectivity index (χ4n) is 1.81. The minimum atomic E-state index is -4.40. The van der Waals surface area contributed by atoms with Crippen molar-refractivity contribution in [1.29, 1.82) is 0 Å². The van der Waals surface area contributed by atoms with E-state index in [9.17, 15) is 23.1 Å². The van der Waals surface area contributed by atoms with Gasteiger partial charge < -0.3 is 14.6 Å². The Morgan fingerprint density at radius 3 is 2.14 bits per heavy atom. The van der Waals surface area contributed by atoms with E-state index in [1.54, 1.807) is 12.1 Å². The van der Waals surface area contributed by atoms with Crippen molar-refractivity contribution in [3.05, 3.63) is 29.8 Å². The van der Waals surface area contributed by atoms with Crippen LogP contribution in [0, 0.1) is 0 Å². The van der Waals surface area contributed by atoms with Crippen molar-refractivity contribution in [2.45, 2.75) is 36.3 Å². The highest BCUT2D eigenvalue weighted by molar-refractivity contribution is 7.93. The van der Waals surface area contributed by atoms with E-state index in [-0.39, 0.29) is 10.8 Å². The van der Waals surface area contributed by atoms with Gasteiger partial charge in [-0.1, -0.05) is 26.0 Å². The predicted molar refractivity (Wildman–Crippen MR) is 73.1 cm³/mol. The van der Waals surface area contributed by atoms with Crippen LogP contribution in [0.5, 0.6) is 0 Å². The van der Waals surface area contributed by atoms with E-state index in [1.807, 2.05) is 13.8 Å². The first-order chi connectivity index (χ1) is 9.75. The molecule has 0 saturated heterocycles. The zero-order valence-corrected chi connectivity index (χ0v) is 12.8. The highest BCUT2D eigenvalue weighted by Crippen LogP contribution is 2.23. The molecule has 0 aliphatic rings. The second-order valence-corrected chi connectivity index (χ2v) is 6.68. The molecule has 6 nitrogen and oxygen atoms in total. The lowest BCUT2D eigenvalue weighted by Crippen LogP contribution is -2.46. The molecule has 0 aromatic heterocycles. The van der Waals surface area contributed by atoms with Gasteiger partial charge in [-0.25, -0.2) is 8.42 Å². The first-order valence-corrected chi connectivity index (χ1v) is 7.92. The van der Waals surface area contributed by atoms with Crippen LogP contribution in [0.4, 0.5) is 0 Å². The Morgan fingerprint density at radius 1 is 1.24 bits per heavy atom. The maximum atomic E-state index is 12.2. The van der Waals surface area contributed by atoms with Crippen molar-refractivity contribution in [3.8, 4) is 0 Å². The third-order valence-corrected chi connectivity index (χ3v) is 5.26. The van der Waals surface area contributed by atoms with Crippen molar-refractivity contribution < 1.29 is 27.9 Å². The molecular weight excluding hydrogens is 296 g/mol. The number of sulfone groups is 1. The zero-order chi connectivity index (χ0) is 16.2. The van der Waals surface area contributed by atoms with Gasteiger partial charge in [-0.3, -0.25) is 4.79 Å². The van der Waals surface area contributed by atoms with Crippen LogP contribution in [0.3, 0.4) is 0 Å².